The highest BCUT2D eigenvalue weighted by Crippen LogP contribution is 2.48. The molecule has 0 aromatic carbocycles. The van der Waals surface area contributed by atoms with Gasteiger partial charge in [-0.3, -0.25) is 4.90 Å². The van der Waals surface area contributed by atoms with E-state index in [1.165, 1.54) is 19.5 Å². The molecule has 1 saturated heterocycles. The first-order valence-corrected chi connectivity index (χ1v) is 4.54. The number of nitrogens with zero attached hydrogens (tertiary/aromatic N) is 1. The molecule has 0 aromatic rings. The molecule has 2 aliphatic rings. The van der Waals surface area contributed by atoms with Crippen LogP contribution < -0.4 is 5.32 Å². The van der Waals surface area contributed by atoms with E-state index in [0.29, 0.717) is 5.41 Å². The smallest absolute Gasteiger partial charge is 0.0345 e. The second-order valence-corrected chi connectivity index (χ2v) is 4.69. The monoisotopic (exact) mass is 154 g/mol. The minimum atomic E-state index is 0.602. The van der Waals surface area contributed by atoms with E-state index in [2.05, 4.69) is 31.1 Å². The van der Waals surface area contributed by atoms with Crippen molar-refractivity contribution in [1.29, 1.82) is 0 Å². The Bertz CT molecular complexity index is 161. The maximum Gasteiger partial charge on any atom is 0.0345 e. The lowest BCUT2D eigenvalue weighted by Crippen LogP contribution is -2.56. The molecule has 2 fully saturated rings. The van der Waals surface area contributed by atoms with E-state index in [1.807, 2.05) is 0 Å². The molecule has 1 heterocycles. The van der Waals surface area contributed by atoms with Crippen LogP contribution in [-0.4, -0.2) is 37.1 Å². The molecule has 2 nitrogen and oxygen atoms in total. The fraction of sp³-hybridized carbons (Fsp3) is 1.00. The third kappa shape index (κ3) is 1.18. The van der Waals surface area contributed by atoms with Crippen LogP contribution in [0.5, 0.6) is 0 Å². The van der Waals surface area contributed by atoms with Gasteiger partial charge in [-0.05, 0) is 18.9 Å². The molecule has 0 spiro atoms. The zero-order valence-electron chi connectivity index (χ0n) is 7.72. The number of hydrogen-bond donors (Lipinski definition) is 1. The third-order valence-corrected chi connectivity index (χ3v) is 3.29. The quantitative estimate of drug-likeness (QED) is 0.629. The Hall–Kier alpha value is -0.0800. The van der Waals surface area contributed by atoms with Crippen LogP contribution in [0.15, 0.2) is 0 Å². The van der Waals surface area contributed by atoms with Gasteiger partial charge >= 0.3 is 0 Å². The first-order chi connectivity index (χ1) is 5.11. The van der Waals surface area contributed by atoms with Crippen molar-refractivity contribution < 1.29 is 0 Å². The van der Waals surface area contributed by atoms with Gasteiger partial charge in [-0.2, -0.15) is 0 Å². The molecule has 1 aliphatic carbocycles. The standard InChI is InChI=1S/C9H18N2/c1-9(2)4-8(9)11(3)7-5-10-6-7/h7-8,10H,4-6H2,1-3H3. The predicted molar refractivity (Wildman–Crippen MR) is 46.6 cm³/mol. The van der Waals surface area contributed by atoms with Crippen molar-refractivity contribution in [1.82, 2.24) is 10.2 Å². The van der Waals surface area contributed by atoms with Gasteiger partial charge in [-0.15, -0.1) is 0 Å². The van der Waals surface area contributed by atoms with E-state index in [-0.39, 0.29) is 0 Å². The van der Waals surface area contributed by atoms with Crippen molar-refractivity contribution in [2.24, 2.45) is 5.41 Å². The van der Waals surface area contributed by atoms with Crippen molar-refractivity contribution in [3.63, 3.8) is 0 Å². The first kappa shape index (κ1) is 7.56. The molecule has 1 unspecified atom stereocenters. The van der Waals surface area contributed by atoms with E-state index in [1.54, 1.807) is 0 Å². The van der Waals surface area contributed by atoms with Crippen LogP contribution in [-0.2, 0) is 0 Å². The summed E-state index contributed by atoms with van der Waals surface area (Å²) in [5.41, 5.74) is 0.602. The number of likely N-dealkylation sites (N-methyl/N-ethyl adjacent to an activating group) is 1. The summed E-state index contributed by atoms with van der Waals surface area (Å²) < 4.78 is 0. The highest BCUT2D eigenvalue weighted by molar-refractivity contribution is 5.05. The zero-order valence-corrected chi connectivity index (χ0v) is 7.72. The molecule has 0 bridgehead atoms. The minimum absolute atomic E-state index is 0.602. The molecule has 0 aromatic heterocycles. The second kappa shape index (κ2) is 2.20. The topological polar surface area (TPSA) is 15.3 Å². The molecular weight excluding hydrogens is 136 g/mol. The molecule has 0 amide bonds. The van der Waals surface area contributed by atoms with Crippen molar-refractivity contribution in [3.8, 4) is 0 Å². The van der Waals surface area contributed by atoms with Gasteiger partial charge in [-0.25, -0.2) is 0 Å². The molecule has 1 aliphatic heterocycles. The summed E-state index contributed by atoms with van der Waals surface area (Å²) >= 11 is 0. The van der Waals surface area contributed by atoms with Crippen molar-refractivity contribution in [3.05, 3.63) is 0 Å². The van der Waals surface area contributed by atoms with E-state index in [9.17, 15) is 0 Å². The van der Waals surface area contributed by atoms with Crippen LogP contribution in [0.1, 0.15) is 20.3 Å². The lowest BCUT2D eigenvalue weighted by molar-refractivity contribution is 0.156. The molecule has 11 heavy (non-hydrogen) atoms. The Balaban J connectivity index is 1.86. The number of rotatable bonds is 2. The van der Waals surface area contributed by atoms with Crippen LogP contribution >= 0.6 is 0 Å². The average molecular weight is 154 g/mol. The van der Waals surface area contributed by atoms with Gasteiger partial charge in [0.2, 0.25) is 0 Å². The summed E-state index contributed by atoms with van der Waals surface area (Å²) in [6.45, 7) is 7.12. The summed E-state index contributed by atoms with van der Waals surface area (Å²) in [4.78, 5) is 2.55. The van der Waals surface area contributed by atoms with Crippen molar-refractivity contribution in [2.75, 3.05) is 20.1 Å². The Morgan fingerprint density at radius 1 is 1.36 bits per heavy atom. The molecular formula is C9H18N2. The first-order valence-electron chi connectivity index (χ1n) is 4.54. The summed E-state index contributed by atoms with van der Waals surface area (Å²) in [6.07, 6.45) is 1.39. The molecule has 0 radical (unpaired) electrons. The van der Waals surface area contributed by atoms with Crippen LogP contribution in [0.2, 0.25) is 0 Å². The van der Waals surface area contributed by atoms with Gasteiger partial charge in [0, 0.05) is 25.2 Å². The van der Waals surface area contributed by atoms with Gasteiger partial charge < -0.3 is 5.32 Å². The van der Waals surface area contributed by atoms with E-state index < -0.39 is 0 Å². The van der Waals surface area contributed by atoms with Crippen LogP contribution in [0.4, 0.5) is 0 Å². The van der Waals surface area contributed by atoms with Gasteiger partial charge in [0.15, 0.2) is 0 Å². The Morgan fingerprint density at radius 2 is 1.91 bits per heavy atom. The maximum atomic E-state index is 3.31. The summed E-state index contributed by atoms with van der Waals surface area (Å²) in [7, 11) is 2.27. The van der Waals surface area contributed by atoms with E-state index in [0.717, 1.165) is 12.1 Å². The Kier molecular flexibility index (Phi) is 1.52. The van der Waals surface area contributed by atoms with Crippen LogP contribution in [0.25, 0.3) is 0 Å². The highest BCUT2D eigenvalue weighted by atomic mass is 15.3. The SMILES string of the molecule is CN(C1CNC1)C1CC1(C)C. The molecule has 2 rings (SSSR count). The van der Waals surface area contributed by atoms with E-state index in [4.69, 9.17) is 0 Å². The van der Waals surface area contributed by atoms with Gasteiger partial charge in [-0.1, -0.05) is 13.8 Å². The van der Waals surface area contributed by atoms with Crippen molar-refractivity contribution in [2.45, 2.75) is 32.4 Å². The fourth-order valence-corrected chi connectivity index (χ4v) is 1.95. The highest BCUT2D eigenvalue weighted by Gasteiger charge is 2.50. The Morgan fingerprint density at radius 3 is 2.18 bits per heavy atom. The zero-order chi connectivity index (χ0) is 8.06. The predicted octanol–water partition coefficient (Wildman–Crippen LogP) is 0.688. The van der Waals surface area contributed by atoms with Gasteiger partial charge in [0.1, 0.15) is 0 Å². The molecule has 64 valence electrons. The normalized spacial score (nSPS) is 35.5. The van der Waals surface area contributed by atoms with Gasteiger partial charge in [0.05, 0.1) is 0 Å². The summed E-state index contributed by atoms with van der Waals surface area (Å²) in [6, 6.07) is 1.68. The van der Waals surface area contributed by atoms with E-state index >= 15 is 0 Å². The maximum absolute atomic E-state index is 3.31. The van der Waals surface area contributed by atoms with Gasteiger partial charge in [0.25, 0.3) is 0 Å². The second-order valence-electron chi connectivity index (χ2n) is 4.69. The average Bonchev–Trinajstić information content (AvgIpc) is 2.35. The summed E-state index contributed by atoms with van der Waals surface area (Å²) in [5.74, 6) is 0. The number of nitrogens with one attached hydrogen (secondary N) is 1. The fourth-order valence-electron chi connectivity index (χ4n) is 1.95. The number of hydrogen-bond acceptors (Lipinski definition) is 2. The molecule has 1 atom stereocenters. The lowest BCUT2D eigenvalue weighted by atomic mass is 10.1. The van der Waals surface area contributed by atoms with Crippen LogP contribution in [0, 0.1) is 5.41 Å². The third-order valence-electron chi connectivity index (χ3n) is 3.29. The van der Waals surface area contributed by atoms with Crippen LogP contribution in [0.3, 0.4) is 0 Å². The minimum Gasteiger partial charge on any atom is -0.314 e. The molecule has 1 N–H and O–H groups in total. The Labute approximate surface area is 69.0 Å². The molecule has 2 heteroatoms. The molecule has 1 saturated carbocycles. The lowest BCUT2D eigenvalue weighted by Gasteiger charge is -2.36. The van der Waals surface area contributed by atoms with Crippen molar-refractivity contribution >= 4 is 0 Å². The largest absolute Gasteiger partial charge is 0.314 e. The summed E-state index contributed by atoms with van der Waals surface area (Å²) in [5, 5.41) is 3.31.